The molecule has 3 fully saturated rings. The number of nitrogens with zero attached hydrogens (tertiary/aromatic N) is 3. The highest BCUT2D eigenvalue weighted by Gasteiger charge is 2.62. The van der Waals surface area contributed by atoms with E-state index in [-0.39, 0.29) is 42.4 Å². The lowest BCUT2D eigenvalue weighted by Crippen LogP contribution is -2.35. The molecule has 3 aliphatic heterocycles. The van der Waals surface area contributed by atoms with Crippen LogP contribution in [0, 0.1) is 11.8 Å². The largest absolute Gasteiger partial charge is 0.373 e. The molecule has 0 radical (unpaired) electrons. The fraction of sp³-hybridized carbons (Fsp3) is 0.474. The smallest absolute Gasteiger partial charge is 0.235 e. The van der Waals surface area contributed by atoms with Gasteiger partial charge in [-0.2, -0.15) is 4.98 Å². The molecule has 3 saturated heterocycles. The molecule has 8 heteroatoms. The third-order valence-electron chi connectivity index (χ3n) is 5.84. The minimum atomic E-state index is -0.296. The number of hydrogen-bond acceptors (Lipinski definition) is 7. The summed E-state index contributed by atoms with van der Waals surface area (Å²) in [5, 5.41) is 3.99. The SMILES string of the molecule is NCc1ccc(-c2noc(CCN3C(=O)C4C5CCC(O5)C4C3=O)n2)cc1. The number of hydrogen-bond donors (Lipinski definition) is 1. The van der Waals surface area contributed by atoms with Gasteiger partial charge in [-0.3, -0.25) is 14.5 Å². The van der Waals surface area contributed by atoms with Gasteiger partial charge >= 0.3 is 0 Å². The Hall–Kier alpha value is -2.58. The van der Waals surface area contributed by atoms with Gasteiger partial charge in [0.25, 0.3) is 0 Å². The summed E-state index contributed by atoms with van der Waals surface area (Å²) < 4.78 is 11.0. The maximum absolute atomic E-state index is 12.6. The molecule has 27 heavy (non-hydrogen) atoms. The van der Waals surface area contributed by atoms with Crippen molar-refractivity contribution in [2.45, 2.75) is 38.0 Å². The topological polar surface area (TPSA) is 112 Å². The Kier molecular flexibility index (Phi) is 3.84. The van der Waals surface area contributed by atoms with Crippen LogP contribution in [0.15, 0.2) is 28.8 Å². The van der Waals surface area contributed by atoms with Crippen LogP contribution < -0.4 is 5.73 Å². The van der Waals surface area contributed by atoms with E-state index in [4.69, 9.17) is 15.0 Å². The molecular weight excluding hydrogens is 348 g/mol. The molecule has 0 aliphatic carbocycles. The number of benzene rings is 1. The maximum Gasteiger partial charge on any atom is 0.235 e. The molecule has 4 atom stereocenters. The van der Waals surface area contributed by atoms with E-state index in [1.165, 1.54) is 4.90 Å². The lowest BCUT2D eigenvalue weighted by atomic mass is 9.81. The minimum absolute atomic E-state index is 0.0899. The standard InChI is InChI=1S/C19H20N4O4/c20-9-10-1-3-11(4-2-10)17-21-14(27-22-17)7-8-23-18(24)15-12-5-6-13(26-12)16(15)19(23)25/h1-4,12-13,15-16H,5-9,20H2. The van der Waals surface area contributed by atoms with Crippen LogP contribution in [-0.4, -0.2) is 45.6 Å². The van der Waals surface area contributed by atoms with Gasteiger partial charge in [-0.15, -0.1) is 0 Å². The Balaban J connectivity index is 1.26. The monoisotopic (exact) mass is 368 g/mol. The molecule has 3 aliphatic rings. The Morgan fingerprint density at radius 3 is 2.37 bits per heavy atom. The average molecular weight is 368 g/mol. The Bertz CT molecular complexity index is 865. The highest BCUT2D eigenvalue weighted by atomic mass is 16.5. The molecule has 4 unspecified atom stereocenters. The van der Waals surface area contributed by atoms with Crippen molar-refractivity contribution in [1.29, 1.82) is 0 Å². The van der Waals surface area contributed by atoms with Gasteiger partial charge in [-0.05, 0) is 18.4 Å². The zero-order valence-corrected chi connectivity index (χ0v) is 14.7. The second kappa shape index (κ2) is 6.24. The molecule has 140 valence electrons. The molecule has 2 amide bonds. The minimum Gasteiger partial charge on any atom is -0.373 e. The number of amides is 2. The lowest BCUT2D eigenvalue weighted by Gasteiger charge is -2.16. The molecule has 5 rings (SSSR count). The van der Waals surface area contributed by atoms with Crippen molar-refractivity contribution in [3.63, 3.8) is 0 Å². The van der Waals surface area contributed by atoms with Crippen molar-refractivity contribution >= 4 is 11.8 Å². The van der Waals surface area contributed by atoms with Crippen LogP contribution in [0.4, 0.5) is 0 Å². The number of carbonyl (C=O) groups excluding carboxylic acids is 2. The van der Waals surface area contributed by atoms with Crippen LogP contribution in [0.5, 0.6) is 0 Å². The van der Waals surface area contributed by atoms with E-state index in [1.807, 2.05) is 24.3 Å². The summed E-state index contributed by atoms with van der Waals surface area (Å²) in [6.45, 7) is 0.738. The number of aromatic nitrogens is 2. The van der Waals surface area contributed by atoms with E-state index in [9.17, 15) is 9.59 Å². The van der Waals surface area contributed by atoms with Gasteiger partial charge < -0.3 is 15.0 Å². The van der Waals surface area contributed by atoms with Crippen LogP contribution in [0.2, 0.25) is 0 Å². The molecule has 2 N–H and O–H groups in total. The van der Waals surface area contributed by atoms with E-state index < -0.39 is 0 Å². The summed E-state index contributed by atoms with van der Waals surface area (Å²) in [5.41, 5.74) is 7.46. The molecule has 1 aromatic carbocycles. The fourth-order valence-corrected chi connectivity index (χ4v) is 4.47. The number of ether oxygens (including phenoxy) is 1. The van der Waals surface area contributed by atoms with Gasteiger partial charge in [0.1, 0.15) is 0 Å². The normalized spacial score (nSPS) is 29.0. The van der Waals surface area contributed by atoms with Gasteiger partial charge in [0.2, 0.25) is 23.5 Å². The van der Waals surface area contributed by atoms with Crippen LogP contribution >= 0.6 is 0 Å². The van der Waals surface area contributed by atoms with Crippen LogP contribution in [0.1, 0.15) is 24.3 Å². The van der Waals surface area contributed by atoms with Crippen molar-refractivity contribution in [3.8, 4) is 11.4 Å². The van der Waals surface area contributed by atoms with Gasteiger partial charge in [0.15, 0.2) is 0 Å². The molecule has 2 bridgehead atoms. The number of likely N-dealkylation sites (tertiary alicyclic amines) is 1. The summed E-state index contributed by atoms with van der Waals surface area (Å²) >= 11 is 0. The molecule has 0 spiro atoms. The number of rotatable bonds is 5. The van der Waals surface area contributed by atoms with Crippen LogP contribution in [0.25, 0.3) is 11.4 Å². The average Bonchev–Trinajstić information content (AvgIpc) is 3.46. The molecule has 4 heterocycles. The zero-order valence-electron chi connectivity index (χ0n) is 14.7. The van der Waals surface area contributed by atoms with E-state index in [2.05, 4.69) is 10.1 Å². The third kappa shape index (κ3) is 2.59. The Morgan fingerprint density at radius 2 is 1.74 bits per heavy atom. The summed E-state index contributed by atoms with van der Waals surface area (Å²) in [7, 11) is 0. The first-order chi connectivity index (χ1) is 13.2. The zero-order chi connectivity index (χ0) is 18.5. The number of carbonyl (C=O) groups is 2. The van der Waals surface area contributed by atoms with Gasteiger partial charge in [-0.1, -0.05) is 29.4 Å². The highest BCUT2D eigenvalue weighted by molar-refractivity contribution is 6.06. The summed E-state index contributed by atoms with van der Waals surface area (Å²) in [5.74, 6) is 0.0653. The fourth-order valence-electron chi connectivity index (χ4n) is 4.47. The lowest BCUT2D eigenvalue weighted by molar-refractivity contribution is -0.142. The first-order valence-corrected chi connectivity index (χ1v) is 9.28. The van der Waals surface area contributed by atoms with Crippen molar-refractivity contribution in [1.82, 2.24) is 15.0 Å². The first kappa shape index (κ1) is 16.6. The molecule has 2 aromatic rings. The van der Waals surface area contributed by atoms with Crippen LogP contribution in [0.3, 0.4) is 0 Å². The van der Waals surface area contributed by atoms with Gasteiger partial charge in [-0.25, -0.2) is 0 Å². The van der Waals surface area contributed by atoms with E-state index in [0.717, 1.165) is 24.0 Å². The second-order valence-electron chi connectivity index (χ2n) is 7.33. The van der Waals surface area contributed by atoms with E-state index >= 15 is 0 Å². The predicted molar refractivity (Wildman–Crippen MR) is 92.9 cm³/mol. The first-order valence-electron chi connectivity index (χ1n) is 9.28. The van der Waals surface area contributed by atoms with Crippen molar-refractivity contribution < 1.29 is 18.8 Å². The molecule has 0 saturated carbocycles. The highest BCUT2D eigenvalue weighted by Crippen LogP contribution is 2.48. The van der Waals surface area contributed by atoms with Gasteiger partial charge in [0, 0.05) is 25.1 Å². The second-order valence-corrected chi connectivity index (χ2v) is 7.33. The van der Waals surface area contributed by atoms with E-state index in [0.29, 0.717) is 24.7 Å². The maximum atomic E-state index is 12.6. The number of fused-ring (bicyclic) bond motifs is 5. The van der Waals surface area contributed by atoms with Gasteiger partial charge in [0.05, 0.1) is 24.0 Å². The number of nitrogens with two attached hydrogens (primary N) is 1. The summed E-state index contributed by atoms with van der Waals surface area (Å²) in [6, 6.07) is 7.62. The van der Waals surface area contributed by atoms with Crippen molar-refractivity contribution in [2.24, 2.45) is 17.6 Å². The molecular formula is C19H20N4O4. The molecule has 1 aromatic heterocycles. The van der Waals surface area contributed by atoms with Crippen LogP contribution in [-0.2, 0) is 27.3 Å². The predicted octanol–water partition coefficient (Wildman–Crippen LogP) is 0.900. The Labute approximate surface area is 155 Å². The van der Waals surface area contributed by atoms with E-state index in [1.54, 1.807) is 0 Å². The summed E-state index contributed by atoms with van der Waals surface area (Å²) in [4.78, 5) is 31.0. The van der Waals surface area contributed by atoms with Crippen molar-refractivity contribution in [2.75, 3.05) is 6.54 Å². The van der Waals surface area contributed by atoms with Crippen molar-refractivity contribution in [3.05, 3.63) is 35.7 Å². The quantitative estimate of drug-likeness (QED) is 0.780. The Morgan fingerprint density at radius 1 is 1.07 bits per heavy atom. The molecule has 8 nitrogen and oxygen atoms in total. The summed E-state index contributed by atoms with van der Waals surface area (Å²) in [6.07, 6.45) is 1.91. The number of imide groups is 1. The third-order valence-corrected chi connectivity index (χ3v) is 5.84.